The van der Waals surface area contributed by atoms with Gasteiger partial charge in [0, 0.05) is 6.07 Å². The van der Waals surface area contributed by atoms with E-state index in [1.807, 2.05) is 32.0 Å². The van der Waals surface area contributed by atoms with Gasteiger partial charge in [-0.1, -0.05) is 25.1 Å². The molecule has 0 fully saturated rings. The highest BCUT2D eigenvalue weighted by Gasteiger charge is 2.31. The molecule has 0 saturated carbocycles. The van der Waals surface area contributed by atoms with Crippen LogP contribution in [-0.4, -0.2) is 46.9 Å². The molecule has 0 bridgehead atoms. The Morgan fingerprint density at radius 1 is 1.17 bits per heavy atom. The van der Waals surface area contributed by atoms with E-state index in [9.17, 15) is 13.2 Å². The van der Waals surface area contributed by atoms with E-state index in [4.69, 9.17) is 9.47 Å². The van der Waals surface area contributed by atoms with Crippen LogP contribution >= 0.6 is 0 Å². The molecule has 0 aliphatic heterocycles. The Morgan fingerprint density at radius 2 is 1.90 bits per heavy atom. The SMILES string of the molecule is CC[C@H](C(=O)NCCOc1cc(C)ccc1C)N(c1cccc(OC)c1)S(C)(=O)=O. The number of rotatable bonds is 10. The molecule has 0 radical (unpaired) electrons. The van der Waals surface area contributed by atoms with Gasteiger partial charge in [-0.2, -0.15) is 0 Å². The lowest BCUT2D eigenvalue weighted by Gasteiger charge is -2.30. The molecule has 0 aliphatic carbocycles. The summed E-state index contributed by atoms with van der Waals surface area (Å²) in [5.41, 5.74) is 2.48. The smallest absolute Gasteiger partial charge is 0.244 e. The number of methoxy groups -OCH3 is 1. The number of anilines is 1. The molecule has 0 saturated heterocycles. The molecule has 7 nitrogen and oxygen atoms in total. The molecule has 0 aromatic heterocycles. The van der Waals surface area contributed by atoms with Crippen molar-refractivity contribution in [2.24, 2.45) is 0 Å². The van der Waals surface area contributed by atoms with Crippen molar-refractivity contribution in [3.05, 3.63) is 53.6 Å². The molecule has 0 heterocycles. The third kappa shape index (κ3) is 6.13. The molecule has 0 spiro atoms. The zero-order valence-corrected chi connectivity index (χ0v) is 19.0. The molecule has 2 aromatic rings. The molecular weight excluding hydrogens is 404 g/mol. The van der Waals surface area contributed by atoms with Crippen LogP contribution in [0.1, 0.15) is 24.5 Å². The number of carbonyl (C=O) groups excluding carboxylic acids is 1. The summed E-state index contributed by atoms with van der Waals surface area (Å²) in [5.74, 6) is 0.902. The lowest BCUT2D eigenvalue weighted by molar-refractivity contribution is -0.122. The van der Waals surface area contributed by atoms with Crippen LogP contribution < -0.4 is 19.1 Å². The van der Waals surface area contributed by atoms with Gasteiger partial charge in [-0.05, 0) is 49.6 Å². The minimum absolute atomic E-state index is 0.262. The quantitative estimate of drug-likeness (QED) is 0.581. The van der Waals surface area contributed by atoms with E-state index in [-0.39, 0.29) is 19.1 Å². The molecule has 1 amide bonds. The fraction of sp³-hybridized carbons (Fsp3) is 0.409. The summed E-state index contributed by atoms with van der Waals surface area (Å²) in [6, 6.07) is 11.7. The Hall–Kier alpha value is -2.74. The van der Waals surface area contributed by atoms with Crippen molar-refractivity contribution in [2.45, 2.75) is 33.2 Å². The number of ether oxygens (including phenoxy) is 2. The van der Waals surface area contributed by atoms with Gasteiger partial charge in [-0.3, -0.25) is 9.10 Å². The summed E-state index contributed by atoms with van der Waals surface area (Å²) in [6.07, 6.45) is 1.40. The highest BCUT2D eigenvalue weighted by molar-refractivity contribution is 7.92. The maximum atomic E-state index is 12.8. The summed E-state index contributed by atoms with van der Waals surface area (Å²) in [5, 5.41) is 2.79. The lowest BCUT2D eigenvalue weighted by atomic mass is 10.1. The van der Waals surface area contributed by atoms with Crippen LogP contribution in [0.5, 0.6) is 11.5 Å². The minimum Gasteiger partial charge on any atom is -0.497 e. The Bertz CT molecular complexity index is 975. The maximum absolute atomic E-state index is 12.8. The highest BCUT2D eigenvalue weighted by Crippen LogP contribution is 2.26. The number of hydrogen-bond donors (Lipinski definition) is 1. The molecule has 1 atom stereocenters. The van der Waals surface area contributed by atoms with E-state index in [1.165, 1.54) is 7.11 Å². The number of nitrogens with one attached hydrogen (secondary N) is 1. The van der Waals surface area contributed by atoms with E-state index in [0.29, 0.717) is 17.9 Å². The molecule has 2 rings (SSSR count). The van der Waals surface area contributed by atoms with Crippen LogP contribution in [0, 0.1) is 13.8 Å². The predicted octanol–water partition coefficient (Wildman–Crippen LogP) is 3.05. The van der Waals surface area contributed by atoms with Gasteiger partial charge in [-0.15, -0.1) is 0 Å². The van der Waals surface area contributed by atoms with Gasteiger partial charge in [0.25, 0.3) is 0 Å². The van der Waals surface area contributed by atoms with Gasteiger partial charge >= 0.3 is 0 Å². The monoisotopic (exact) mass is 434 g/mol. The first-order valence-electron chi connectivity index (χ1n) is 9.78. The zero-order chi connectivity index (χ0) is 22.3. The summed E-state index contributed by atoms with van der Waals surface area (Å²) >= 11 is 0. The number of aryl methyl sites for hydroxylation is 2. The topological polar surface area (TPSA) is 84.9 Å². The van der Waals surface area contributed by atoms with E-state index in [0.717, 1.165) is 27.4 Å². The van der Waals surface area contributed by atoms with Crippen molar-refractivity contribution in [3.63, 3.8) is 0 Å². The standard InChI is InChI=1S/C22H30N2O5S/c1-6-20(24(30(5,26)27)18-8-7-9-19(15-18)28-4)22(25)23-12-13-29-21-14-16(2)10-11-17(21)3/h7-11,14-15,20H,6,12-13H2,1-5H3,(H,23,25)/t20-/m1/s1. The summed E-state index contributed by atoms with van der Waals surface area (Å²) in [7, 11) is -2.19. The maximum Gasteiger partial charge on any atom is 0.244 e. The molecule has 0 unspecified atom stereocenters. The second-order valence-electron chi connectivity index (χ2n) is 7.09. The largest absolute Gasteiger partial charge is 0.497 e. The third-order valence-corrected chi connectivity index (χ3v) is 5.82. The van der Waals surface area contributed by atoms with Crippen LogP contribution in [0.25, 0.3) is 0 Å². The Kier molecular flexibility index (Phi) is 8.11. The second kappa shape index (κ2) is 10.3. The Morgan fingerprint density at radius 3 is 2.53 bits per heavy atom. The Labute approximate surface area is 179 Å². The molecular formula is C22H30N2O5S. The van der Waals surface area contributed by atoms with E-state index < -0.39 is 16.1 Å². The van der Waals surface area contributed by atoms with Crippen LogP contribution in [0.2, 0.25) is 0 Å². The van der Waals surface area contributed by atoms with Crippen molar-refractivity contribution in [1.82, 2.24) is 5.32 Å². The predicted molar refractivity (Wildman–Crippen MR) is 119 cm³/mol. The van der Waals surface area contributed by atoms with E-state index >= 15 is 0 Å². The first kappa shape index (κ1) is 23.5. The van der Waals surface area contributed by atoms with Gasteiger partial charge < -0.3 is 14.8 Å². The zero-order valence-electron chi connectivity index (χ0n) is 18.1. The van der Waals surface area contributed by atoms with Crippen LogP contribution in [-0.2, 0) is 14.8 Å². The average molecular weight is 435 g/mol. The fourth-order valence-corrected chi connectivity index (χ4v) is 4.33. The normalized spacial score (nSPS) is 12.2. The summed E-state index contributed by atoms with van der Waals surface area (Å²) < 4.78 is 37.1. The molecule has 2 aromatic carbocycles. The van der Waals surface area contributed by atoms with Gasteiger partial charge in [0.15, 0.2) is 0 Å². The van der Waals surface area contributed by atoms with Crippen molar-refractivity contribution < 1.29 is 22.7 Å². The number of hydrogen-bond acceptors (Lipinski definition) is 5. The highest BCUT2D eigenvalue weighted by atomic mass is 32.2. The van der Waals surface area contributed by atoms with Crippen LogP contribution in [0.15, 0.2) is 42.5 Å². The van der Waals surface area contributed by atoms with Crippen LogP contribution in [0.4, 0.5) is 5.69 Å². The molecule has 1 N–H and O–H groups in total. The lowest BCUT2D eigenvalue weighted by Crippen LogP contribution is -2.50. The number of carbonyl (C=O) groups is 1. The second-order valence-corrected chi connectivity index (χ2v) is 8.95. The van der Waals surface area contributed by atoms with Crippen LogP contribution in [0.3, 0.4) is 0 Å². The first-order chi connectivity index (χ1) is 14.2. The van der Waals surface area contributed by atoms with Gasteiger partial charge in [0.2, 0.25) is 15.9 Å². The van der Waals surface area contributed by atoms with Crippen molar-refractivity contribution in [2.75, 3.05) is 30.8 Å². The number of nitrogens with zero attached hydrogens (tertiary/aromatic N) is 1. The molecule has 8 heteroatoms. The minimum atomic E-state index is -3.70. The summed E-state index contributed by atoms with van der Waals surface area (Å²) in [6.45, 7) is 6.26. The molecule has 164 valence electrons. The van der Waals surface area contributed by atoms with Gasteiger partial charge in [-0.25, -0.2) is 8.42 Å². The van der Waals surface area contributed by atoms with Gasteiger partial charge in [0.05, 0.1) is 25.6 Å². The van der Waals surface area contributed by atoms with Crippen molar-refractivity contribution in [1.29, 1.82) is 0 Å². The number of benzene rings is 2. The number of amides is 1. The summed E-state index contributed by atoms with van der Waals surface area (Å²) in [4.78, 5) is 12.8. The van der Waals surface area contributed by atoms with Crippen molar-refractivity contribution >= 4 is 21.6 Å². The fourth-order valence-electron chi connectivity index (χ4n) is 3.12. The Balaban J connectivity index is 2.09. The van der Waals surface area contributed by atoms with E-state index in [2.05, 4.69) is 5.32 Å². The van der Waals surface area contributed by atoms with Gasteiger partial charge in [0.1, 0.15) is 24.1 Å². The van der Waals surface area contributed by atoms with E-state index in [1.54, 1.807) is 31.2 Å². The third-order valence-electron chi connectivity index (χ3n) is 4.64. The number of sulfonamides is 1. The molecule has 0 aliphatic rings. The van der Waals surface area contributed by atoms with Crippen molar-refractivity contribution in [3.8, 4) is 11.5 Å². The first-order valence-corrected chi connectivity index (χ1v) is 11.6. The average Bonchev–Trinajstić information content (AvgIpc) is 2.70. The molecule has 30 heavy (non-hydrogen) atoms.